The van der Waals surface area contributed by atoms with E-state index in [1.54, 1.807) is 0 Å². The highest BCUT2D eigenvalue weighted by molar-refractivity contribution is 7.98. The van der Waals surface area contributed by atoms with E-state index in [4.69, 9.17) is 0 Å². The van der Waals surface area contributed by atoms with Crippen molar-refractivity contribution in [1.29, 1.82) is 0 Å². The first kappa shape index (κ1) is 14.2. The number of nitrogens with one attached hydrogen (secondary N) is 1. The third-order valence-electron chi connectivity index (χ3n) is 2.92. The van der Waals surface area contributed by atoms with Crippen LogP contribution in [0, 0.1) is 0 Å². The van der Waals surface area contributed by atoms with E-state index in [1.165, 1.54) is 16.0 Å². The van der Waals surface area contributed by atoms with Gasteiger partial charge in [0.15, 0.2) is 0 Å². The molecule has 4 heteroatoms. The second kappa shape index (κ2) is 7.36. The standard InChI is InChI=1S/C15H21N3S/c1-3-16-9-13-5-7-15(8-6-13)19-12-14-10-17-18(4-2)11-14/h5-8,10-11,16H,3-4,9,12H2,1-2H3. The van der Waals surface area contributed by atoms with E-state index in [0.717, 1.165) is 25.4 Å². The Bertz CT molecular complexity index is 490. The average Bonchev–Trinajstić information content (AvgIpc) is 2.92. The Morgan fingerprint density at radius 2 is 1.95 bits per heavy atom. The van der Waals surface area contributed by atoms with Gasteiger partial charge in [0, 0.05) is 35.5 Å². The number of hydrogen-bond donors (Lipinski definition) is 1. The van der Waals surface area contributed by atoms with Gasteiger partial charge < -0.3 is 5.32 Å². The summed E-state index contributed by atoms with van der Waals surface area (Å²) in [6, 6.07) is 8.78. The van der Waals surface area contributed by atoms with Crippen molar-refractivity contribution in [2.24, 2.45) is 0 Å². The van der Waals surface area contributed by atoms with E-state index in [9.17, 15) is 0 Å². The van der Waals surface area contributed by atoms with Crippen molar-refractivity contribution in [2.45, 2.75) is 37.6 Å². The third kappa shape index (κ3) is 4.40. The Labute approximate surface area is 119 Å². The fourth-order valence-corrected chi connectivity index (χ4v) is 2.60. The van der Waals surface area contributed by atoms with Gasteiger partial charge >= 0.3 is 0 Å². The van der Waals surface area contributed by atoms with Crippen molar-refractivity contribution in [3.8, 4) is 0 Å². The molecule has 1 N–H and O–H groups in total. The summed E-state index contributed by atoms with van der Waals surface area (Å²) in [5, 5.41) is 7.62. The van der Waals surface area contributed by atoms with E-state index >= 15 is 0 Å². The number of nitrogens with zero attached hydrogens (tertiary/aromatic N) is 2. The van der Waals surface area contributed by atoms with E-state index in [-0.39, 0.29) is 0 Å². The molecule has 102 valence electrons. The van der Waals surface area contributed by atoms with Gasteiger partial charge in [-0.2, -0.15) is 5.10 Å². The van der Waals surface area contributed by atoms with Gasteiger partial charge in [-0.25, -0.2) is 0 Å². The Kier molecular flexibility index (Phi) is 5.48. The highest BCUT2D eigenvalue weighted by Gasteiger charge is 2.00. The molecular weight excluding hydrogens is 254 g/mol. The Morgan fingerprint density at radius 3 is 2.58 bits per heavy atom. The molecule has 1 aromatic heterocycles. The highest BCUT2D eigenvalue weighted by Crippen LogP contribution is 2.22. The minimum atomic E-state index is 0.934. The molecule has 0 unspecified atom stereocenters. The van der Waals surface area contributed by atoms with Gasteiger partial charge in [-0.05, 0) is 31.2 Å². The molecule has 0 atom stereocenters. The van der Waals surface area contributed by atoms with Crippen LogP contribution in [0.3, 0.4) is 0 Å². The molecular formula is C15H21N3S. The molecule has 1 aromatic carbocycles. The second-order valence-electron chi connectivity index (χ2n) is 4.42. The van der Waals surface area contributed by atoms with Crippen LogP contribution in [-0.2, 0) is 18.8 Å². The summed E-state index contributed by atoms with van der Waals surface area (Å²) >= 11 is 1.86. The lowest BCUT2D eigenvalue weighted by Crippen LogP contribution is -2.11. The molecule has 0 spiro atoms. The monoisotopic (exact) mass is 275 g/mol. The number of aryl methyl sites for hydroxylation is 1. The number of aromatic nitrogens is 2. The van der Waals surface area contributed by atoms with Crippen molar-refractivity contribution >= 4 is 11.8 Å². The maximum atomic E-state index is 4.29. The van der Waals surface area contributed by atoms with Gasteiger partial charge in [0.2, 0.25) is 0 Å². The maximum Gasteiger partial charge on any atom is 0.0530 e. The smallest absolute Gasteiger partial charge is 0.0530 e. The molecule has 0 saturated heterocycles. The summed E-state index contributed by atoms with van der Waals surface area (Å²) in [5.74, 6) is 0.979. The predicted octanol–water partition coefficient (Wildman–Crippen LogP) is 3.30. The molecule has 0 aliphatic rings. The quantitative estimate of drug-likeness (QED) is 0.786. The van der Waals surface area contributed by atoms with Gasteiger partial charge in [-0.15, -0.1) is 11.8 Å². The normalized spacial score (nSPS) is 10.8. The summed E-state index contributed by atoms with van der Waals surface area (Å²) < 4.78 is 1.97. The number of rotatable bonds is 7. The predicted molar refractivity (Wildman–Crippen MR) is 81.3 cm³/mol. The molecule has 0 radical (unpaired) electrons. The molecule has 0 aliphatic heterocycles. The number of benzene rings is 1. The maximum absolute atomic E-state index is 4.29. The molecule has 3 nitrogen and oxygen atoms in total. The van der Waals surface area contributed by atoms with Gasteiger partial charge in [0.1, 0.15) is 0 Å². The van der Waals surface area contributed by atoms with Gasteiger partial charge in [0.25, 0.3) is 0 Å². The largest absolute Gasteiger partial charge is 0.313 e. The number of hydrogen-bond acceptors (Lipinski definition) is 3. The fourth-order valence-electron chi connectivity index (χ4n) is 1.79. The van der Waals surface area contributed by atoms with Crippen LogP contribution in [0.2, 0.25) is 0 Å². The molecule has 0 aliphatic carbocycles. The van der Waals surface area contributed by atoms with E-state index in [0.29, 0.717) is 0 Å². The summed E-state index contributed by atoms with van der Waals surface area (Å²) in [6.07, 6.45) is 4.07. The van der Waals surface area contributed by atoms with Crippen LogP contribution in [-0.4, -0.2) is 16.3 Å². The molecule has 19 heavy (non-hydrogen) atoms. The van der Waals surface area contributed by atoms with Crippen LogP contribution in [0.1, 0.15) is 25.0 Å². The van der Waals surface area contributed by atoms with E-state index < -0.39 is 0 Å². The Hall–Kier alpha value is -1.26. The van der Waals surface area contributed by atoms with Crippen molar-refractivity contribution in [3.63, 3.8) is 0 Å². The molecule has 2 rings (SSSR count). The summed E-state index contributed by atoms with van der Waals surface area (Å²) in [7, 11) is 0. The minimum Gasteiger partial charge on any atom is -0.313 e. The fraction of sp³-hybridized carbons (Fsp3) is 0.400. The number of thioether (sulfide) groups is 1. The zero-order chi connectivity index (χ0) is 13.5. The Morgan fingerprint density at radius 1 is 1.16 bits per heavy atom. The van der Waals surface area contributed by atoms with Gasteiger partial charge in [-0.3, -0.25) is 4.68 Å². The second-order valence-corrected chi connectivity index (χ2v) is 5.47. The zero-order valence-electron chi connectivity index (χ0n) is 11.6. The topological polar surface area (TPSA) is 29.9 Å². The van der Waals surface area contributed by atoms with Crippen LogP contribution in [0.4, 0.5) is 0 Å². The summed E-state index contributed by atoms with van der Waals surface area (Å²) in [4.78, 5) is 1.31. The first-order chi connectivity index (χ1) is 9.31. The van der Waals surface area contributed by atoms with Crippen LogP contribution in [0.25, 0.3) is 0 Å². The summed E-state index contributed by atoms with van der Waals surface area (Å²) in [5.41, 5.74) is 2.62. The van der Waals surface area contributed by atoms with Crippen LogP contribution < -0.4 is 5.32 Å². The lowest BCUT2D eigenvalue weighted by Gasteiger charge is -2.04. The molecule has 0 saturated carbocycles. The third-order valence-corrected chi connectivity index (χ3v) is 4.00. The van der Waals surface area contributed by atoms with Crippen LogP contribution >= 0.6 is 11.8 Å². The van der Waals surface area contributed by atoms with Crippen molar-refractivity contribution < 1.29 is 0 Å². The lowest BCUT2D eigenvalue weighted by molar-refractivity contribution is 0.659. The van der Waals surface area contributed by atoms with Crippen molar-refractivity contribution in [3.05, 3.63) is 47.8 Å². The van der Waals surface area contributed by atoms with Crippen LogP contribution in [0.5, 0.6) is 0 Å². The molecule has 0 bridgehead atoms. The SMILES string of the molecule is CCNCc1ccc(SCc2cnn(CC)c2)cc1. The minimum absolute atomic E-state index is 0.934. The zero-order valence-corrected chi connectivity index (χ0v) is 12.4. The van der Waals surface area contributed by atoms with E-state index in [2.05, 4.69) is 54.7 Å². The first-order valence-electron chi connectivity index (χ1n) is 6.75. The van der Waals surface area contributed by atoms with Crippen LogP contribution in [0.15, 0.2) is 41.6 Å². The molecule has 2 aromatic rings. The van der Waals surface area contributed by atoms with Gasteiger partial charge in [-0.1, -0.05) is 19.1 Å². The van der Waals surface area contributed by atoms with Gasteiger partial charge in [0.05, 0.1) is 6.20 Å². The average molecular weight is 275 g/mol. The van der Waals surface area contributed by atoms with Crippen molar-refractivity contribution in [1.82, 2.24) is 15.1 Å². The van der Waals surface area contributed by atoms with Crippen molar-refractivity contribution in [2.75, 3.05) is 6.54 Å². The first-order valence-corrected chi connectivity index (χ1v) is 7.74. The molecule has 1 heterocycles. The Balaban J connectivity index is 1.85. The molecule has 0 amide bonds. The summed E-state index contributed by atoms with van der Waals surface area (Å²) in [6.45, 7) is 7.13. The highest BCUT2D eigenvalue weighted by atomic mass is 32.2. The molecule has 0 fully saturated rings. The van der Waals surface area contributed by atoms with E-state index in [1.807, 2.05) is 22.6 Å². The lowest BCUT2D eigenvalue weighted by atomic mass is 10.2.